The van der Waals surface area contributed by atoms with Gasteiger partial charge in [0.25, 0.3) is 5.91 Å². The molecule has 7 nitrogen and oxygen atoms in total. The monoisotopic (exact) mass is 383 g/mol. The molecule has 1 saturated heterocycles. The van der Waals surface area contributed by atoms with Gasteiger partial charge in [0.05, 0.1) is 6.61 Å². The van der Waals surface area contributed by atoms with Crippen molar-refractivity contribution in [3.8, 4) is 0 Å². The van der Waals surface area contributed by atoms with Crippen molar-refractivity contribution >= 4 is 11.7 Å². The average Bonchev–Trinajstić information content (AvgIpc) is 3.18. The van der Waals surface area contributed by atoms with Crippen molar-refractivity contribution in [2.24, 2.45) is 0 Å². The molecule has 1 amide bonds. The zero-order valence-corrected chi connectivity index (χ0v) is 17.1. The summed E-state index contributed by atoms with van der Waals surface area (Å²) in [5.41, 5.74) is 4.31. The molecule has 1 aromatic carbocycles. The first-order chi connectivity index (χ1) is 13.5. The van der Waals surface area contributed by atoms with Gasteiger partial charge in [0.15, 0.2) is 0 Å². The third kappa shape index (κ3) is 4.66. The Bertz CT molecular complexity index is 822. The van der Waals surface area contributed by atoms with Crippen LogP contribution in [0.3, 0.4) is 0 Å². The molecule has 3 rings (SSSR count). The minimum absolute atomic E-state index is 0.230. The van der Waals surface area contributed by atoms with E-state index in [1.165, 1.54) is 11.1 Å². The van der Waals surface area contributed by atoms with Crippen LogP contribution in [0.4, 0.5) is 5.82 Å². The number of rotatable bonds is 7. The van der Waals surface area contributed by atoms with Crippen LogP contribution in [0.2, 0.25) is 0 Å². The number of anilines is 1. The van der Waals surface area contributed by atoms with E-state index in [-0.39, 0.29) is 11.7 Å². The third-order valence-electron chi connectivity index (χ3n) is 5.21. The van der Waals surface area contributed by atoms with E-state index < -0.39 is 0 Å². The van der Waals surface area contributed by atoms with Gasteiger partial charge in [-0.15, -0.1) is 0 Å². The Labute approximate surface area is 166 Å². The highest BCUT2D eigenvalue weighted by Crippen LogP contribution is 2.24. The van der Waals surface area contributed by atoms with Crippen LogP contribution in [0, 0.1) is 13.8 Å². The molecule has 0 unspecified atom stereocenters. The van der Waals surface area contributed by atoms with E-state index in [0.29, 0.717) is 12.6 Å². The van der Waals surface area contributed by atoms with E-state index in [2.05, 4.69) is 49.8 Å². The molecule has 2 N–H and O–H groups in total. The Hall–Kier alpha value is -2.51. The molecular weight excluding hydrogens is 354 g/mol. The fourth-order valence-electron chi connectivity index (χ4n) is 3.44. The Morgan fingerprint density at radius 1 is 1.21 bits per heavy atom. The molecule has 7 heteroatoms. The van der Waals surface area contributed by atoms with Crippen LogP contribution in [0.15, 0.2) is 24.3 Å². The van der Waals surface area contributed by atoms with E-state index in [1.54, 1.807) is 14.2 Å². The van der Waals surface area contributed by atoms with Gasteiger partial charge in [-0.1, -0.05) is 24.3 Å². The first-order valence-electron chi connectivity index (χ1n) is 9.64. The number of nitrogens with one attached hydrogen (secondary N) is 2. The van der Waals surface area contributed by atoms with Crippen molar-refractivity contribution in [1.29, 1.82) is 0 Å². The maximum atomic E-state index is 12.0. The van der Waals surface area contributed by atoms with Gasteiger partial charge in [0.2, 0.25) is 5.82 Å². The molecule has 0 spiro atoms. The van der Waals surface area contributed by atoms with Gasteiger partial charge >= 0.3 is 0 Å². The maximum absolute atomic E-state index is 12.0. The van der Waals surface area contributed by atoms with E-state index in [1.807, 2.05) is 13.8 Å². The Kier molecular flexibility index (Phi) is 6.59. The first-order valence-corrected chi connectivity index (χ1v) is 9.64. The largest absolute Gasteiger partial charge is 0.380 e. The summed E-state index contributed by atoms with van der Waals surface area (Å²) in [7, 11) is 3.30. The molecule has 0 bridgehead atoms. The van der Waals surface area contributed by atoms with Crippen LogP contribution in [-0.2, 0) is 17.9 Å². The molecule has 0 aliphatic carbocycles. The molecular formula is C21H29N5O2. The highest BCUT2D eigenvalue weighted by atomic mass is 16.5. The van der Waals surface area contributed by atoms with Gasteiger partial charge in [-0.25, -0.2) is 9.97 Å². The van der Waals surface area contributed by atoms with Crippen LogP contribution in [-0.4, -0.2) is 49.2 Å². The fraction of sp³-hybridized carbons (Fsp3) is 0.476. The maximum Gasteiger partial charge on any atom is 0.288 e. The number of amides is 1. The second-order valence-corrected chi connectivity index (χ2v) is 7.22. The van der Waals surface area contributed by atoms with E-state index in [9.17, 15) is 4.79 Å². The standard InChI is InChI=1S/C21H29N5O2/c1-14-15(2)24-19(21(27)22-3)25-20(14)26-10-9-18(12-26)23-11-16-5-7-17(8-6-16)13-28-4/h5-8,18,23H,9-13H2,1-4H3,(H,22,27)/t18-/m1/s1. The van der Waals surface area contributed by atoms with Crippen molar-refractivity contribution in [2.45, 2.75) is 39.5 Å². The highest BCUT2D eigenvalue weighted by molar-refractivity contribution is 5.90. The molecule has 0 radical (unpaired) electrons. The number of aryl methyl sites for hydroxylation is 1. The lowest BCUT2D eigenvalue weighted by molar-refractivity contribution is 0.0952. The lowest BCUT2D eigenvalue weighted by atomic mass is 10.1. The number of ether oxygens (including phenoxy) is 1. The molecule has 1 aromatic heterocycles. The predicted molar refractivity (Wildman–Crippen MR) is 110 cm³/mol. The molecule has 28 heavy (non-hydrogen) atoms. The lowest BCUT2D eigenvalue weighted by Gasteiger charge is -2.21. The van der Waals surface area contributed by atoms with Gasteiger partial charge in [-0.05, 0) is 31.4 Å². The third-order valence-corrected chi connectivity index (χ3v) is 5.21. The quantitative estimate of drug-likeness (QED) is 0.761. The van der Waals surface area contributed by atoms with Crippen LogP contribution >= 0.6 is 0 Å². The molecule has 150 valence electrons. The van der Waals surface area contributed by atoms with Gasteiger partial charge in [0, 0.05) is 51.1 Å². The zero-order valence-electron chi connectivity index (χ0n) is 17.1. The number of carbonyl (C=O) groups is 1. The second kappa shape index (κ2) is 9.12. The molecule has 2 aromatic rings. The summed E-state index contributed by atoms with van der Waals surface area (Å²) in [4.78, 5) is 23.0. The van der Waals surface area contributed by atoms with Crippen molar-refractivity contribution in [2.75, 3.05) is 32.1 Å². The van der Waals surface area contributed by atoms with Crippen LogP contribution in [0.25, 0.3) is 0 Å². The summed E-state index contributed by atoms with van der Waals surface area (Å²) in [5, 5.41) is 6.24. The Balaban J connectivity index is 1.62. The topological polar surface area (TPSA) is 79.4 Å². The van der Waals surface area contributed by atoms with Crippen LogP contribution < -0.4 is 15.5 Å². The number of methoxy groups -OCH3 is 1. The molecule has 1 aliphatic heterocycles. The minimum atomic E-state index is -0.254. The minimum Gasteiger partial charge on any atom is -0.380 e. The lowest BCUT2D eigenvalue weighted by Crippen LogP contribution is -2.33. The molecule has 1 aliphatic rings. The summed E-state index contributed by atoms with van der Waals surface area (Å²) in [6.07, 6.45) is 1.04. The summed E-state index contributed by atoms with van der Waals surface area (Å²) in [6, 6.07) is 8.88. The van der Waals surface area contributed by atoms with Crippen molar-refractivity contribution in [3.05, 3.63) is 52.5 Å². The van der Waals surface area contributed by atoms with Crippen molar-refractivity contribution in [3.63, 3.8) is 0 Å². The second-order valence-electron chi connectivity index (χ2n) is 7.22. The summed E-state index contributed by atoms with van der Waals surface area (Å²) < 4.78 is 5.15. The number of hydrogen-bond acceptors (Lipinski definition) is 6. The molecule has 1 fully saturated rings. The number of nitrogens with zero attached hydrogens (tertiary/aromatic N) is 3. The van der Waals surface area contributed by atoms with Gasteiger partial charge in [0.1, 0.15) is 5.82 Å². The summed E-state index contributed by atoms with van der Waals surface area (Å²) >= 11 is 0. The van der Waals surface area contributed by atoms with Crippen molar-refractivity contribution < 1.29 is 9.53 Å². The summed E-state index contributed by atoms with van der Waals surface area (Å²) in [5.74, 6) is 0.836. The van der Waals surface area contributed by atoms with E-state index in [4.69, 9.17) is 4.74 Å². The number of aromatic nitrogens is 2. The zero-order chi connectivity index (χ0) is 20.1. The Morgan fingerprint density at radius 2 is 1.93 bits per heavy atom. The number of benzene rings is 1. The fourth-order valence-corrected chi connectivity index (χ4v) is 3.44. The highest BCUT2D eigenvalue weighted by Gasteiger charge is 2.26. The van der Waals surface area contributed by atoms with E-state index in [0.717, 1.165) is 43.1 Å². The summed E-state index contributed by atoms with van der Waals surface area (Å²) in [6.45, 7) is 7.19. The average molecular weight is 383 g/mol. The molecule has 0 saturated carbocycles. The van der Waals surface area contributed by atoms with E-state index >= 15 is 0 Å². The van der Waals surface area contributed by atoms with Crippen LogP contribution in [0.1, 0.15) is 39.4 Å². The Morgan fingerprint density at radius 3 is 2.61 bits per heavy atom. The van der Waals surface area contributed by atoms with Crippen LogP contribution in [0.5, 0.6) is 0 Å². The predicted octanol–water partition coefficient (Wildman–Crippen LogP) is 1.97. The normalized spacial score (nSPS) is 16.4. The number of carbonyl (C=O) groups excluding carboxylic acids is 1. The van der Waals surface area contributed by atoms with Gasteiger partial charge in [-0.2, -0.15) is 0 Å². The molecule has 1 atom stereocenters. The van der Waals surface area contributed by atoms with Gasteiger partial charge < -0.3 is 20.3 Å². The molecule has 2 heterocycles. The SMILES string of the molecule is CNC(=O)c1nc(C)c(C)c(N2CC[C@@H](NCc3ccc(COC)cc3)C2)n1. The first kappa shape index (κ1) is 20.2. The van der Waals surface area contributed by atoms with Gasteiger partial charge in [-0.3, -0.25) is 4.79 Å². The smallest absolute Gasteiger partial charge is 0.288 e. The number of hydrogen-bond donors (Lipinski definition) is 2. The van der Waals surface area contributed by atoms with Crippen molar-refractivity contribution in [1.82, 2.24) is 20.6 Å².